The summed E-state index contributed by atoms with van der Waals surface area (Å²) in [6.45, 7) is 1.38. The van der Waals surface area contributed by atoms with Crippen LogP contribution in [-0.4, -0.2) is 35.3 Å². The monoisotopic (exact) mass is 270 g/mol. The van der Waals surface area contributed by atoms with Gasteiger partial charge in [-0.2, -0.15) is 0 Å². The van der Waals surface area contributed by atoms with Crippen LogP contribution >= 0.6 is 11.8 Å². The number of rotatable bonds is 1. The molecule has 0 saturated heterocycles. The second-order valence-electron chi connectivity index (χ2n) is 4.35. The molecule has 0 spiro atoms. The normalized spacial score (nSPS) is 14.8. The maximum Gasteiger partial charge on any atom is 0.260 e. The van der Waals surface area contributed by atoms with E-state index in [1.165, 1.54) is 11.8 Å². The van der Waals surface area contributed by atoms with Crippen LogP contribution in [0.5, 0.6) is 0 Å². The van der Waals surface area contributed by atoms with Gasteiger partial charge in [-0.05, 0) is 23.1 Å². The first kappa shape index (κ1) is 12.2. The van der Waals surface area contributed by atoms with Crippen molar-refractivity contribution in [2.45, 2.75) is 0 Å². The summed E-state index contributed by atoms with van der Waals surface area (Å²) in [5, 5.41) is 2.91. The number of thioether (sulfide) groups is 1. The second kappa shape index (κ2) is 5.05. The lowest BCUT2D eigenvalue weighted by Crippen LogP contribution is -2.32. The minimum absolute atomic E-state index is 0.0439. The molecule has 0 bridgehead atoms. The fraction of sp³-hybridized carbons (Fsp3) is 0.200. The van der Waals surface area contributed by atoms with E-state index in [2.05, 4.69) is 4.99 Å². The lowest BCUT2D eigenvalue weighted by molar-refractivity contribution is 0.0862. The molecule has 0 aromatic heterocycles. The highest BCUT2D eigenvalue weighted by Gasteiger charge is 2.25. The molecule has 0 atom stereocenters. The second-order valence-corrected chi connectivity index (χ2v) is 5.13. The number of hydrogen-bond donors (Lipinski definition) is 0. The van der Waals surface area contributed by atoms with Gasteiger partial charge >= 0.3 is 0 Å². The van der Waals surface area contributed by atoms with Gasteiger partial charge in [0.2, 0.25) is 0 Å². The molecule has 96 valence electrons. The Hall–Kier alpha value is -1.81. The molecular weight excluding hydrogens is 256 g/mol. The van der Waals surface area contributed by atoms with Crippen LogP contribution in [0.1, 0.15) is 10.4 Å². The first-order chi connectivity index (χ1) is 9.31. The summed E-state index contributed by atoms with van der Waals surface area (Å²) in [5.74, 6) is 0.0439. The standard InChI is InChI=1S/C15H14N2OS/c1-19-15-16-9-10-17(15)14(18)13-8-4-6-11-5-2-3-7-12(11)13/h2-8H,9-10H2,1H3. The van der Waals surface area contributed by atoms with Gasteiger partial charge in [0.25, 0.3) is 5.91 Å². The van der Waals surface area contributed by atoms with Crippen LogP contribution < -0.4 is 0 Å². The lowest BCUT2D eigenvalue weighted by atomic mass is 10.0. The van der Waals surface area contributed by atoms with E-state index < -0.39 is 0 Å². The Balaban J connectivity index is 2.05. The van der Waals surface area contributed by atoms with Gasteiger partial charge in [-0.3, -0.25) is 14.7 Å². The highest BCUT2D eigenvalue weighted by atomic mass is 32.2. The van der Waals surface area contributed by atoms with Gasteiger partial charge in [-0.15, -0.1) is 0 Å². The SMILES string of the molecule is CSC1=NCCN1C(=O)c1cccc2ccccc12. The molecule has 19 heavy (non-hydrogen) atoms. The van der Waals surface area contributed by atoms with Crippen LogP contribution in [0.2, 0.25) is 0 Å². The molecule has 0 radical (unpaired) electrons. The van der Waals surface area contributed by atoms with E-state index in [0.717, 1.165) is 21.5 Å². The average Bonchev–Trinajstić information content (AvgIpc) is 2.94. The Labute approximate surface area is 116 Å². The van der Waals surface area contributed by atoms with Gasteiger partial charge in [-0.1, -0.05) is 48.2 Å². The van der Waals surface area contributed by atoms with Crippen LogP contribution in [0.15, 0.2) is 47.5 Å². The summed E-state index contributed by atoms with van der Waals surface area (Å²) in [4.78, 5) is 18.8. The van der Waals surface area contributed by atoms with Crippen molar-refractivity contribution in [2.75, 3.05) is 19.3 Å². The molecule has 2 aromatic rings. The van der Waals surface area contributed by atoms with Gasteiger partial charge in [0.1, 0.15) is 0 Å². The molecule has 2 aromatic carbocycles. The zero-order valence-electron chi connectivity index (χ0n) is 10.7. The number of hydrogen-bond acceptors (Lipinski definition) is 3. The molecule has 4 heteroatoms. The number of carbonyl (C=O) groups excluding carboxylic acids is 1. The highest BCUT2D eigenvalue weighted by Crippen LogP contribution is 2.22. The summed E-state index contributed by atoms with van der Waals surface area (Å²) < 4.78 is 0. The van der Waals surface area contributed by atoms with E-state index in [-0.39, 0.29) is 5.91 Å². The minimum Gasteiger partial charge on any atom is -0.286 e. The number of amidine groups is 1. The third-order valence-electron chi connectivity index (χ3n) is 3.25. The fourth-order valence-corrected chi connectivity index (χ4v) is 2.96. The van der Waals surface area contributed by atoms with Crippen molar-refractivity contribution < 1.29 is 4.79 Å². The van der Waals surface area contributed by atoms with E-state index in [4.69, 9.17) is 0 Å². The van der Waals surface area contributed by atoms with Crippen molar-refractivity contribution in [3.8, 4) is 0 Å². The first-order valence-corrected chi connectivity index (χ1v) is 7.42. The molecule has 0 N–H and O–H groups in total. The zero-order valence-corrected chi connectivity index (χ0v) is 11.5. The van der Waals surface area contributed by atoms with Crippen LogP contribution in [0, 0.1) is 0 Å². The predicted molar refractivity (Wildman–Crippen MR) is 80.8 cm³/mol. The van der Waals surface area contributed by atoms with Crippen molar-refractivity contribution >= 4 is 33.6 Å². The third-order valence-corrected chi connectivity index (χ3v) is 3.96. The maximum absolute atomic E-state index is 12.7. The maximum atomic E-state index is 12.7. The van der Waals surface area contributed by atoms with E-state index in [0.29, 0.717) is 13.1 Å². The Morgan fingerprint density at radius 1 is 1.21 bits per heavy atom. The molecule has 0 fully saturated rings. The van der Waals surface area contributed by atoms with E-state index in [1.807, 2.05) is 48.7 Å². The number of carbonyl (C=O) groups is 1. The molecule has 1 aliphatic rings. The smallest absolute Gasteiger partial charge is 0.260 e. The lowest BCUT2D eigenvalue weighted by Gasteiger charge is -2.17. The summed E-state index contributed by atoms with van der Waals surface area (Å²) >= 11 is 1.52. The van der Waals surface area contributed by atoms with Crippen LogP contribution in [0.25, 0.3) is 10.8 Å². The quantitative estimate of drug-likeness (QED) is 0.798. The van der Waals surface area contributed by atoms with Crippen molar-refractivity contribution in [2.24, 2.45) is 4.99 Å². The van der Waals surface area contributed by atoms with Crippen LogP contribution in [-0.2, 0) is 0 Å². The largest absolute Gasteiger partial charge is 0.286 e. The molecule has 1 aliphatic heterocycles. The van der Waals surface area contributed by atoms with Gasteiger partial charge in [-0.25, -0.2) is 0 Å². The van der Waals surface area contributed by atoms with Gasteiger partial charge in [0.15, 0.2) is 5.17 Å². The van der Waals surface area contributed by atoms with Crippen LogP contribution in [0.3, 0.4) is 0 Å². The van der Waals surface area contributed by atoms with Crippen LogP contribution in [0.4, 0.5) is 0 Å². The zero-order chi connectivity index (χ0) is 13.2. The molecule has 1 heterocycles. The van der Waals surface area contributed by atoms with Gasteiger partial charge in [0.05, 0.1) is 6.54 Å². The molecule has 3 rings (SSSR count). The Bertz CT molecular complexity index is 661. The summed E-state index contributed by atoms with van der Waals surface area (Å²) in [6, 6.07) is 13.8. The van der Waals surface area contributed by atoms with E-state index in [1.54, 1.807) is 4.90 Å². The molecule has 1 amide bonds. The predicted octanol–water partition coefficient (Wildman–Crippen LogP) is 3.01. The number of aliphatic imine (C=N–C) groups is 1. The number of amides is 1. The Morgan fingerprint density at radius 2 is 2.00 bits per heavy atom. The number of benzene rings is 2. The van der Waals surface area contributed by atoms with E-state index in [9.17, 15) is 4.79 Å². The summed E-state index contributed by atoms with van der Waals surface area (Å²) in [7, 11) is 0. The van der Waals surface area contributed by atoms with Crippen molar-refractivity contribution in [3.05, 3.63) is 48.0 Å². The Morgan fingerprint density at radius 3 is 2.84 bits per heavy atom. The van der Waals surface area contributed by atoms with Crippen molar-refractivity contribution in [1.82, 2.24) is 4.90 Å². The fourth-order valence-electron chi connectivity index (χ4n) is 2.35. The summed E-state index contributed by atoms with van der Waals surface area (Å²) in [5.41, 5.74) is 0.752. The van der Waals surface area contributed by atoms with Crippen molar-refractivity contribution in [1.29, 1.82) is 0 Å². The first-order valence-electron chi connectivity index (χ1n) is 6.19. The Kier molecular flexibility index (Phi) is 3.25. The number of fused-ring (bicyclic) bond motifs is 1. The highest BCUT2D eigenvalue weighted by molar-refractivity contribution is 8.13. The molecule has 0 saturated carbocycles. The molecule has 0 unspecified atom stereocenters. The van der Waals surface area contributed by atoms with E-state index >= 15 is 0 Å². The minimum atomic E-state index is 0.0439. The van der Waals surface area contributed by atoms with Gasteiger partial charge in [0, 0.05) is 12.1 Å². The van der Waals surface area contributed by atoms with Crippen molar-refractivity contribution in [3.63, 3.8) is 0 Å². The molecular formula is C15H14N2OS. The summed E-state index contributed by atoms with van der Waals surface area (Å²) in [6.07, 6.45) is 1.95. The number of nitrogens with zero attached hydrogens (tertiary/aromatic N) is 2. The van der Waals surface area contributed by atoms with Gasteiger partial charge < -0.3 is 0 Å². The molecule has 3 nitrogen and oxygen atoms in total. The average molecular weight is 270 g/mol. The topological polar surface area (TPSA) is 32.7 Å². The molecule has 0 aliphatic carbocycles. The third kappa shape index (κ3) is 2.12.